The monoisotopic (exact) mass is 277 g/mol. The number of imidazole rings is 1. The predicted octanol–water partition coefficient (Wildman–Crippen LogP) is 2.48. The maximum Gasteiger partial charge on any atom is 0.0949 e. The van der Waals surface area contributed by atoms with E-state index in [4.69, 9.17) is 4.74 Å². The summed E-state index contributed by atoms with van der Waals surface area (Å²) in [7, 11) is 0. The molecule has 4 nitrogen and oxygen atoms in total. The highest BCUT2D eigenvalue weighted by Crippen LogP contribution is 2.32. The van der Waals surface area contributed by atoms with Gasteiger partial charge in [-0.2, -0.15) is 0 Å². The summed E-state index contributed by atoms with van der Waals surface area (Å²) in [6.07, 6.45) is 12.1. The molecular weight excluding hydrogens is 250 g/mol. The van der Waals surface area contributed by atoms with E-state index in [9.17, 15) is 0 Å². The van der Waals surface area contributed by atoms with Gasteiger partial charge in [0, 0.05) is 23.9 Å². The first-order valence-corrected chi connectivity index (χ1v) is 8.11. The number of ether oxygens (including phenoxy) is 1. The summed E-state index contributed by atoms with van der Waals surface area (Å²) in [5.41, 5.74) is 1.66. The van der Waals surface area contributed by atoms with E-state index >= 15 is 0 Å². The van der Waals surface area contributed by atoms with Crippen molar-refractivity contribution in [3.05, 3.63) is 18.2 Å². The van der Waals surface area contributed by atoms with Crippen LogP contribution in [0.15, 0.2) is 12.5 Å². The molecular formula is C16H27N3O. The van der Waals surface area contributed by atoms with Gasteiger partial charge < -0.3 is 14.6 Å². The van der Waals surface area contributed by atoms with Crippen molar-refractivity contribution in [1.29, 1.82) is 0 Å². The van der Waals surface area contributed by atoms with E-state index in [0.29, 0.717) is 6.10 Å². The van der Waals surface area contributed by atoms with E-state index in [1.54, 1.807) is 0 Å². The van der Waals surface area contributed by atoms with Crippen LogP contribution in [0.5, 0.6) is 0 Å². The molecule has 0 amide bonds. The van der Waals surface area contributed by atoms with Gasteiger partial charge >= 0.3 is 0 Å². The second-order valence-corrected chi connectivity index (χ2v) is 6.56. The molecule has 0 radical (unpaired) electrons. The van der Waals surface area contributed by atoms with Crippen LogP contribution < -0.4 is 5.32 Å². The number of nitrogens with zero attached hydrogens (tertiary/aromatic N) is 2. The molecule has 2 fully saturated rings. The van der Waals surface area contributed by atoms with Crippen molar-refractivity contribution in [2.45, 2.75) is 63.5 Å². The summed E-state index contributed by atoms with van der Waals surface area (Å²) in [4.78, 5) is 4.38. The largest absolute Gasteiger partial charge is 0.376 e. The average Bonchev–Trinajstić information content (AvgIpc) is 3.11. The molecule has 20 heavy (non-hydrogen) atoms. The fourth-order valence-electron chi connectivity index (χ4n) is 3.61. The van der Waals surface area contributed by atoms with Crippen molar-refractivity contribution in [3.8, 4) is 0 Å². The first-order chi connectivity index (χ1) is 9.78. The fraction of sp³-hybridized carbons (Fsp3) is 0.812. The van der Waals surface area contributed by atoms with Crippen LogP contribution in [0.3, 0.4) is 0 Å². The second-order valence-electron chi connectivity index (χ2n) is 6.56. The molecule has 0 unspecified atom stereocenters. The van der Waals surface area contributed by atoms with Gasteiger partial charge in [0.1, 0.15) is 0 Å². The van der Waals surface area contributed by atoms with Gasteiger partial charge in [-0.05, 0) is 38.8 Å². The third-order valence-corrected chi connectivity index (χ3v) is 5.03. The van der Waals surface area contributed by atoms with Crippen LogP contribution in [0.1, 0.15) is 51.1 Å². The van der Waals surface area contributed by atoms with Gasteiger partial charge in [-0.3, -0.25) is 0 Å². The van der Waals surface area contributed by atoms with Gasteiger partial charge in [0.2, 0.25) is 0 Å². The molecule has 1 N–H and O–H groups in total. The van der Waals surface area contributed by atoms with Crippen LogP contribution in [-0.4, -0.2) is 35.4 Å². The Morgan fingerprint density at radius 2 is 2.10 bits per heavy atom. The Kier molecular flexibility index (Phi) is 4.41. The smallest absolute Gasteiger partial charge is 0.0949 e. The minimum atomic E-state index is 0.273. The first kappa shape index (κ1) is 14.1. The molecule has 0 spiro atoms. The molecule has 1 saturated heterocycles. The highest BCUT2D eigenvalue weighted by Gasteiger charge is 2.31. The molecule has 112 valence electrons. The molecule has 1 saturated carbocycles. The quantitative estimate of drug-likeness (QED) is 0.898. The van der Waals surface area contributed by atoms with E-state index in [0.717, 1.165) is 26.2 Å². The van der Waals surface area contributed by atoms with Crippen molar-refractivity contribution >= 4 is 0 Å². The standard InChI is InChI=1S/C16H27N3O/c1-16(6-8-17-9-7-16)15-12-18-13-19(15)10-11-20-14-4-2-3-5-14/h12-14,17H,2-11H2,1H3. The van der Waals surface area contributed by atoms with Crippen LogP contribution >= 0.6 is 0 Å². The highest BCUT2D eigenvalue weighted by atomic mass is 16.5. The minimum absolute atomic E-state index is 0.273. The summed E-state index contributed by atoms with van der Waals surface area (Å²) in [5, 5.41) is 3.45. The Balaban J connectivity index is 1.58. The maximum atomic E-state index is 5.99. The fourth-order valence-corrected chi connectivity index (χ4v) is 3.61. The molecule has 0 bridgehead atoms. The summed E-state index contributed by atoms with van der Waals surface area (Å²) in [6.45, 7) is 6.36. The average molecular weight is 277 g/mol. The minimum Gasteiger partial charge on any atom is -0.376 e. The Bertz CT molecular complexity index is 417. The third-order valence-electron chi connectivity index (χ3n) is 5.03. The Morgan fingerprint density at radius 1 is 1.35 bits per heavy atom. The van der Waals surface area contributed by atoms with E-state index in [1.165, 1.54) is 44.2 Å². The van der Waals surface area contributed by atoms with Gasteiger partial charge in [-0.1, -0.05) is 19.8 Å². The number of aromatic nitrogens is 2. The van der Waals surface area contributed by atoms with Crippen LogP contribution in [-0.2, 0) is 16.7 Å². The summed E-state index contributed by atoms with van der Waals surface area (Å²) < 4.78 is 8.30. The number of piperidine rings is 1. The lowest BCUT2D eigenvalue weighted by Crippen LogP contribution is -2.39. The van der Waals surface area contributed by atoms with Crippen molar-refractivity contribution in [1.82, 2.24) is 14.9 Å². The van der Waals surface area contributed by atoms with Crippen LogP contribution in [0, 0.1) is 0 Å². The molecule has 0 atom stereocenters. The highest BCUT2D eigenvalue weighted by molar-refractivity contribution is 5.15. The molecule has 0 aromatic carbocycles. The van der Waals surface area contributed by atoms with E-state index in [-0.39, 0.29) is 5.41 Å². The number of hydrogen-bond acceptors (Lipinski definition) is 3. The number of rotatable bonds is 5. The number of hydrogen-bond donors (Lipinski definition) is 1. The second kappa shape index (κ2) is 6.27. The predicted molar refractivity (Wildman–Crippen MR) is 79.9 cm³/mol. The van der Waals surface area contributed by atoms with Gasteiger partial charge in [-0.15, -0.1) is 0 Å². The zero-order valence-corrected chi connectivity index (χ0v) is 12.6. The molecule has 1 aromatic rings. The SMILES string of the molecule is CC1(c2cncn2CCOC2CCCC2)CCNCC1. The Morgan fingerprint density at radius 3 is 2.85 bits per heavy atom. The van der Waals surface area contributed by atoms with Gasteiger partial charge in [-0.25, -0.2) is 4.98 Å². The zero-order valence-electron chi connectivity index (χ0n) is 12.6. The summed E-state index contributed by atoms with van der Waals surface area (Å²) >= 11 is 0. The van der Waals surface area contributed by atoms with Gasteiger partial charge in [0.25, 0.3) is 0 Å². The van der Waals surface area contributed by atoms with Crippen molar-refractivity contribution in [2.24, 2.45) is 0 Å². The first-order valence-electron chi connectivity index (χ1n) is 8.11. The van der Waals surface area contributed by atoms with E-state index < -0.39 is 0 Å². The molecule has 4 heteroatoms. The number of nitrogens with one attached hydrogen (secondary N) is 1. The van der Waals surface area contributed by atoms with Crippen molar-refractivity contribution < 1.29 is 4.74 Å². The Hall–Kier alpha value is -0.870. The van der Waals surface area contributed by atoms with Crippen LogP contribution in [0.4, 0.5) is 0 Å². The van der Waals surface area contributed by atoms with E-state index in [2.05, 4.69) is 28.0 Å². The van der Waals surface area contributed by atoms with Crippen LogP contribution in [0.2, 0.25) is 0 Å². The molecule has 2 aliphatic rings. The van der Waals surface area contributed by atoms with Crippen LogP contribution in [0.25, 0.3) is 0 Å². The van der Waals surface area contributed by atoms with Crippen molar-refractivity contribution in [2.75, 3.05) is 19.7 Å². The summed E-state index contributed by atoms with van der Waals surface area (Å²) in [6, 6.07) is 0. The lowest BCUT2D eigenvalue weighted by Gasteiger charge is -2.34. The molecule has 3 rings (SSSR count). The Labute approximate surface area is 121 Å². The third kappa shape index (κ3) is 3.07. The molecule has 1 aliphatic carbocycles. The molecule has 1 aromatic heterocycles. The lowest BCUT2D eigenvalue weighted by atomic mass is 9.78. The normalized spacial score (nSPS) is 23.2. The molecule has 2 heterocycles. The summed E-state index contributed by atoms with van der Waals surface area (Å²) in [5.74, 6) is 0. The molecule has 1 aliphatic heterocycles. The topological polar surface area (TPSA) is 39.1 Å². The lowest BCUT2D eigenvalue weighted by molar-refractivity contribution is 0.0521. The van der Waals surface area contributed by atoms with Gasteiger partial charge in [0.15, 0.2) is 0 Å². The maximum absolute atomic E-state index is 5.99. The van der Waals surface area contributed by atoms with Gasteiger partial charge in [0.05, 0.1) is 19.0 Å². The zero-order chi connectivity index (χ0) is 13.8. The van der Waals surface area contributed by atoms with E-state index in [1.807, 2.05) is 6.33 Å². The van der Waals surface area contributed by atoms with Crippen molar-refractivity contribution in [3.63, 3.8) is 0 Å².